The number of aryl methyl sites for hydroxylation is 1. The van der Waals surface area contributed by atoms with Gasteiger partial charge in [-0.05, 0) is 29.7 Å². The van der Waals surface area contributed by atoms with Gasteiger partial charge in [0, 0.05) is 19.7 Å². The van der Waals surface area contributed by atoms with E-state index in [4.69, 9.17) is 4.74 Å². The number of anilines is 1. The van der Waals surface area contributed by atoms with Crippen molar-refractivity contribution in [3.05, 3.63) is 77.5 Å². The second-order valence-corrected chi connectivity index (χ2v) is 6.61. The van der Waals surface area contributed by atoms with Crippen LogP contribution in [0.5, 0.6) is 5.75 Å². The number of carbonyl (C=O) groups is 2. The number of ether oxygens (including phenoxy) is 1. The topological polar surface area (TPSA) is 85.3 Å². The first-order chi connectivity index (χ1) is 14.0. The van der Waals surface area contributed by atoms with Crippen LogP contribution in [0.2, 0.25) is 0 Å². The van der Waals surface area contributed by atoms with Crippen molar-refractivity contribution in [1.82, 2.24) is 15.1 Å². The molecular weight excluding hydrogens is 368 g/mol. The van der Waals surface area contributed by atoms with E-state index in [0.29, 0.717) is 18.8 Å². The molecule has 3 aromatic rings. The molecule has 0 aliphatic heterocycles. The van der Waals surface area contributed by atoms with Crippen molar-refractivity contribution in [3.8, 4) is 5.75 Å². The van der Waals surface area contributed by atoms with E-state index in [2.05, 4.69) is 15.7 Å². The molecule has 7 nitrogen and oxygen atoms in total. The molecule has 1 aromatic heterocycles. The van der Waals surface area contributed by atoms with Crippen LogP contribution in [0.25, 0.3) is 0 Å². The molecule has 7 heteroatoms. The maximum Gasteiger partial charge on any atom is 0.271 e. The van der Waals surface area contributed by atoms with Gasteiger partial charge in [-0.3, -0.25) is 14.3 Å². The fourth-order valence-corrected chi connectivity index (χ4v) is 2.90. The van der Waals surface area contributed by atoms with Gasteiger partial charge in [-0.1, -0.05) is 42.5 Å². The van der Waals surface area contributed by atoms with Crippen molar-refractivity contribution < 1.29 is 14.3 Å². The first kappa shape index (κ1) is 20.1. The summed E-state index contributed by atoms with van der Waals surface area (Å²) in [5.41, 5.74) is 2.25. The van der Waals surface area contributed by atoms with Gasteiger partial charge in [-0.15, -0.1) is 0 Å². The summed E-state index contributed by atoms with van der Waals surface area (Å²) in [5.74, 6) is 0.814. The predicted octanol–water partition coefficient (Wildman–Crippen LogP) is 2.58. The summed E-state index contributed by atoms with van der Waals surface area (Å²) >= 11 is 0. The Morgan fingerprint density at radius 3 is 2.55 bits per heavy atom. The molecule has 0 aliphatic carbocycles. The molecule has 0 saturated carbocycles. The number of hydrogen-bond donors (Lipinski definition) is 2. The van der Waals surface area contributed by atoms with Crippen molar-refractivity contribution in [2.75, 3.05) is 19.0 Å². The number of nitrogens with one attached hydrogen (secondary N) is 2. The summed E-state index contributed by atoms with van der Waals surface area (Å²) < 4.78 is 6.69. The summed E-state index contributed by atoms with van der Waals surface area (Å²) in [7, 11) is 3.31. The average molecular weight is 392 g/mol. The molecule has 0 fully saturated rings. The van der Waals surface area contributed by atoms with Crippen LogP contribution in [0.15, 0.2) is 60.7 Å². The van der Waals surface area contributed by atoms with Crippen LogP contribution >= 0.6 is 0 Å². The lowest BCUT2D eigenvalue weighted by Gasteiger charge is -2.05. The number of rotatable bonds is 8. The van der Waals surface area contributed by atoms with Gasteiger partial charge in [0.25, 0.3) is 5.91 Å². The zero-order valence-electron chi connectivity index (χ0n) is 16.5. The zero-order chi connectivity index (χ0) is 20.6. The maximum absolute atomic E-state index is 12.4. The van der Waals surface area contributed by atoms with Crippen molar-refractivity contribution in [2.24, 2.45) is 7.05 Å². The minimum absolute atomic E-state index is 0.163. The quantitative estimate of drug-likeness (QED) is 0.617. The molecule has 2 aromatic carbocycles. The standard InChI is InChI=1S/C22H24N4O3/c1-26-20(24-21(27)14-16-7-4-3-5-8-16)15-19(25-26)22(28)23-12-11-17-9-6-10-18(13-17)29-2/h3-10,13,15H,11-12,14H2,1-2H3,(H,23,28)(H,24,27). The maximum atomic E-state index is 12.4. The molecule has 3 rings (SSSR count). The SMILES string of the molecule is COc1cccc(CCNC(=O)c2cc(NC(=O)Cc3ccccc3)n(C)n2)c1. The van der Waals surface area contributed by atoms with E-state index in [1.807, 2.05) is 54.6 Å². The van der Waals surface area contributed by atoms with Crippen molar-refractivity contribution in [3.63, 3.8) is 0 Å². The lowest BCUT2D eigenvalue weighted by molar-refractivity contribution is -0.115. The minimum atomic E-state index is -0.285. The van der Waals surface area contributed by atoms with Gasteiger partial charge in [0.1, 0.15) is 11.6 Å². The molecule has 29 heavy (non-hydrogen) atoms. The second-order valence-electron chi connectivity index (χ2n) is 6.61. The Morgan fingerprint density at radius 1 is 1.03 bits per heavy atom. The second kappa shape index (κ2) is 9.54. The molecule has 2 amide bonds. The molecule has 0 saturated heterocycles. The number of nitrogens with zero attached hydrogens (tertiary/aromatic N) is 2. The Kier molecular flexibility index (Phi) is 6.63. The van der Waals surface area contributed by atoms with Gasteiger partial charge in [-0.25, -0.2) is 0 Å². The number of hydrogen-bond acceptors (Lipinski definition) is 4. The monoisotopic (exact) mass is 392 g/mol. The number of carbonyl (C=O) groups excluding carboxylic acids is 2. The summed E-state index contributed by atoms with van der Waals surface area (Å²) in [6.07, 6.45) is 0.935. The van der Waals surface area contributed by atoms with Crippen LogP contribution < -0.4 is 15.4 Å². The fourth-order valence-electron chi connectivity index (χ4n) is 2.90. The molecule has 1 heterocycles. The van der Waals surface area contributed by atoms with Crippen molar-refractivity contribution in [1.29, 1.82) is 0 Å². The molecule has 0 radical (unpaired) electrons. The summed E-state index contributed by atoms with van der Waals surface area (Å²) in [6, 6.07) is 18.8. The molecule has 0 spiro atoms. The predicted molar refractivity (Wildman–Crippen MR) is 111 cm³/mol. The van der Waals surface area contributed by atoms with Crippen LogP contribution in [0, 0.1) is 0 Å². The molecule has 0 unspecified atom stereocenters. The third kappa shape index (κ3) is 5.68. The number of amides is 2. The van der Waals surface area contributed by atoms with E-state index < -0.39 is 0 Å². The van der Waals surface area contributed by atoms with E-state index in [0.717, 1.165) is 16.9 Å². The third-order valence-electron chi connectivity index (χ3n) is 4.42. The lowest BCUT2D eigenvalue weighted by Crippen LogP contribution is -2.26. The van der Waals surface area contributed by atoms with E-state index >= 15 is 0 Å². The smallest absolute Gasteiger partial charge is 0.271 e. The fraction of sp³-hybridized carbons (Fsp3) is 0.227. The molecule has 2 N–H and O–H groups in total. The summed E-state index contributed by atoms with van der Waals surface area (Å²) in [4.78, 5) is 24.6. The number of aromatic nitrogens is 2. The Morgan fingerprint density at radius 2 is 1.79 bits per heavy atom. The summed E-state index contributed by atoms with van der Waals surface area (Å²) in [5, 5.41) is 9.84. The van der Waals surface area contributed by atoms with E-state index in [1.54, 1.807) is 20.2 Å². The van der Waals surface area contributed by atoms with Crippen LogP contribution in [0.1, 0.15) is 21.6 Å². The van der Waals surface area contributed by atoms with Crippen LogP contribution in [0.3, 0.4) is 0 Å². The van der Waals surface area contributed by atoms with Crippen molar-refractivity contribution >= 4 is 17.6 Å². The van der Waals surface area contributed by atoms with Crippen LogP contribution in [-0.4, -0.2) is 35.2 Å². The van der Waals surface area contributed by atoms with Gasteiger partial charge in [0.2, 0.25) is 5.91 Å². The Labute approximate surface area is 169 Å². The highest BCUT2D eigenvalue weighted by Crippen LogP contribution is 2.13. The molecule has 0 atom stereocenters. The largest absolute Gasteiger partial charge is 0.497 e. The average Bonchev–Trinajstić information content (AvgIpc) is 3.09. The lowest BCUT2D eigenvalue weighted by atomic mass is 10.1. The van der Waals surface area contributed by atoms with Gasteiger partial charge in [-0.2, -0.15) is 5.10 Å². The summed E-state index contributed by atoms with van der Waals surface area (Å²) in [6.45, 7) is 0.471. The van der Waals surface area contributed by atoms with Gasteiger partial charge in [0.15, 0.2) is 5.69 Å². The molecular formula is C22H24N4O3. The van der Waals surface area contributed by atoms with E-state index in [1.165, 1.54) is 4.68 Å². The highest BCUT2D eigenvalue weighted by molar-refractivity contribution is 5.95. The van der Waals surface area contributed by atoms with E-state index in [-0.39, 0.29) is 23.9 Å². The number of methoxy groups -OCH3 is 1. The number of benzene rings is 2. The third-order valence-corrected chi connectivity index (χ3v) is 4.42. The highest BCUT2D eigenvalue weighted by atomic mass is 16.5. The molecule has 0 bridgehead atoms. The zero-order valence-corrected chi connectivity index (χ0v) is 16.5. The Balaban J connectivity index is 1.53. The minimum Gasteiger partial charge on any atom is -0.497 e. The Hall–Kier alpha value is -3.61. The molecule has 0 aliphatic rings. The van der Waals surface area contributed by atoms with Crippen LogP contribution in [0.4, 0.5) is 5.82 Å². The molecule has 150 valence electrons. The van der Waals surface area contributed by atoms with Crippen molar-refractivity contribution in [2.45, 2.75) is 12.8 Å². The highest BCUT2D eigenvalue weighted by Gasteiger charge is 2.14. The first-order valence-corrected chi connectivity index (χ1v) is 9.34. The van der Waals surface area contributed by atoms with Crippen LogP contribution in [-0.2, 0) is 24.7 Å². The van der Waals surface area contributed by atoms with E-state index in [9.17, 15) is 9.59 Å². The van der Waals surface area contributed by atoms with Gasteiger partial charge < -0.3 is 15.4 Å². The van der Waals surface area contributed by atoms with Gasteiger partial charge in [0.05, 0.1) is 13.5 Å². The normalized spacial score (nSPS) is 10.4. The Bertz CT molecular complexity index is 983. The first-order valence-electron chi connectivity index (χ1n) is 9.34. The van der Waals surface area contributed by atoms with Gasteiger partial charge >= 0.3 is 0 Å².